The Hall–Kier alpha value is -2.08. The summed E-state index contributed by atoms with van der Waals surface area (Å²) in [6.07, 6.45) is 1.04. The molecule has 20 heavy (non-hydrogen) atoms. The molecule has 0 saturated heterocycles. The Labute approximate surface area is 120 Å². The second-order valence-electron chi connectivity index (χ2n) is 4.02. The van der Waals surface area contributed by atoms with Gasteiger partial charge in [-0.2, -0.15) is 0 Å². The number of hydrogen-bond donors (Lipinski definition) is 2. The summed E-state index contributed by atoms with van der Waals surface area (Å²) in [6, 6.07) is 6.71. The molecule has 0 saturated carbocycles. The first-order valence-electron chi connectivity index (χ1n) is 6.06. The molecule has 0 bridgehead atoms. The summed E-state index contributed by atoms with van der Waals surface area (Å²) in [5.41, 5.74) is 6.08. The number of benzene rings is 1. The predicted molar refractivity (Wildman–Crippen MR) is 78.2 cm³/mol. The minimum atomic E-state index is -0.456. The summed E-state index contributed by atoms with van der Waals surface area (Å²) in [7, 11) is 0. The fraction of sp³-hybridized carbons (Fsp3) is 0.214. The number of rotatable bonds is 5. The second kappa shape index (κ2) is 6.38. The van der Waals surface area contributed by atoms with Crippen LogP contribution in [0.5, 0.6) is 11.5 Å². The molecule has 106 valence electrons. The molecule has 0 spiro atoms. The van der Waals surface area contributed by atoms with Crippen LogP contribution in [0.3, 0.4) is 0 Å². The fourth-order valence-corrected chi connectivity index (χ4v) is 2.45. The fourth-order valence-electron chi connectivity index (χ4n) is 1.56. The van der Waals surface area contributed by atoms with Crippen molar-refractivity contribution in [2.75, 3.05) is 12.3 Å². The third-order valence-electron chi connectivity index (χ3n) is 2.53. The van der Waals surface area contributed by atoms with Gasteiger partial charge in [-0.1, -0.05) is 0 Å². The lowest BCUT2D eigenvalue weighted by molar-refractivity contribution is 0.339. The van der Waals surface area contributed by atoms with Gasteiger partial charge >= 0.3 is 0 Å². The van der Waals surface area contributed by atoms with Crippen LogP contribution >= 0.6 is 11.8 Å². The van der Waals surface area contributed by atoms with Crippen LogP contribution in [0.4, 0.5) is 5.69 Å². The number of hydrogen-bond acceptors (Lipinski definition) is 6. The Bertz CT molecular complexity index is 654. The molecule has 0 radical (unpaired) electrons. The minimum Gasteiger partial charge on any atom is -0.502 e. The average molecular weight is 293 g/mol. The third-order valence-corrected chi connectivity index (χ3v) is 3.63. The van der Waals surface area contributed by atoms with E-state index in [1.807, 2.05) is 19.1 Å². The number of ether oxygens (including phenoxy) is 1. The van der Waals surface area contributed by atoms with Crippen LogP contribution in [0.15, 0.2) is 44.6 Å². The van der Waals surface area contributed by atoms with Crippen molar-refractivity contribution in [1.29, 1.82) is 0 Å². The quantitative estimate of drug-likeness (QED) is 0.651. The maximum absolute atomic E-state index is 11.3. The molecule has 6 heteroatoms. The highest BCUT2D eigenvalue weighted by Crippen LogP contribution is 2.31. The summed E-state index contributed by atoms with van der Waals surface area (Å²) in [5, 5.41) is 9.12. The van der Waals surface area contributed by atoms with Crippen LogP contribution in [-0.2, 0) is 5.75 Å². The largest absolute Gasteiger partial charge is 0.502 e. The van der Waals surface area contributed by atoms with E-state index >= 15 is 0 Å². The second-order valence-corrected chi connectivity index (χ2v) is 5.03. The zero-order valence-corrected chi connectivity index (χ0v) is 11.8. The van der Waals surface area contributed by atoms with Crippen molar-refractivity contribution in [3.63, 3.8) is 0 Å². The monoisotopic (exact) mass is 293 g/mol. The van der Waals surface area contributed by atoms with Gasteiger partial charge in [0.25, 0.3) is 0 Å². The van der Waals surface area contributed by atoms with Crippen molar-refractivity contribution in [2.24, 2.45) is 0 Å². The normalized spacial score (nSPS) is 10.4. The van der Waals surface area contributed by atoms with Crippen LogP contribution in [0.1, 0.15) is 12.7 Å². The number of aromatic hydroxyl groups is 1. The molecule has 2 aromatic rings. The number of nitrogen functional groups attached to an aromatic ring is 1. The van der Waals surface area contributed by atoms with Gasteiger partial charge in [0.15, 0.2) is 5.75 Å². The number of thioether (sulfide) groups is 1. The Morgan fingerprint density at radius 2 is 2.20 bits per heavy atom. The summed E-state index contributed by atoms with van der Waals surface area (Å²) in [4.78, 5) is 12.1. The highest BCUT2D eigenvalue weighted by molar-refractivity contribution is 7.98. The first-order valence-corrected chi connectivity index (χ1v) is 7.04. The molecular formula is C14H15NO4S. The van der Waals surface area contributed by atoms with E-state index in [1.54, 1.807) is 6.07 Å². The first-order chi connectivity index (χ1) is 9.60. The van der Waals surface area contributed by atoms with Crippen LogP contribution in [0.25, 0.3) is 0 Å². The SMILES string of the molecule is CCOc1ccc(N)c(SCc2cc(=O)c(O)co2)c1. The van der Waals surface area contributed by atoms with Crippen molar-refractivity contribution < 1.29 is 14.3 Å². The van der Waals surface area contributed by atoms with E-state index in [0.29, 0.717) is 23.8 Å². The topological polar surface area (TPSA) is 85.7 Å². The standard InChI is InChI=1S/C14H15NO4S/c1-2-18-9-3-4-11(15)14(6-9)20-8-10-5-12(16)13(17)7-19-10/h3-7,17H,2,8,15H2,1H3. The van der Waals surface area contributed by atoms with E-state index in [9.17, 15) is 4.79 Å². The van der Waals surface area contributed by atoms with Crippen LogP contribution in [0, 0.1) is 0 Å². The molecule has 0 aliphatic rings. The number of nitrogens with two attached hydrogens (primary N) is 1. The summed E-state index contributed by atoms with van der Waals surface area (Å²) < 4.78 is 10.5. The van der Waals surface area contributed by atoms with Crippen molar-refractivity contribution >= 4 is 17.4 Å². The number of anilines is 1. The molecule has 0 unspecified atom stereocenters. The summed E-state index contributed by atoms with van der Waals surface area (Å²) in [5.74, 6) is 1.27. The maximum Gasteiger partial charge on any atom is 0.226 e. The van der Waals surface area contributed by atoms with E-state index in [4.69, 9.17) is 20.0 Å². The molecule has 0 amide bonds. The molecule has 0 fully saturated rings. The zero-order valence-electron chi connectivity index (χ0n) is 11.0. The van der Waals surface area contributed by atoms with Gasteiger partial charge in [-0.3, -0.25) is 4.79 Å². The molecule has 3 N–H and O–H groups in total. The lowest BCUT2D eigenvalue weighted by Gasteiger charge is -2.08. The Morgan fingerprint density at radius 3 is 2.90 bits per heavy atom. The molecule has 1 heterocycles. The van der Waals surface area contributed by atoms with Gasteiger partial charge in [0.1, 0.15) is 17.8 Å². The third kappa shape index (κ3) is 3.48. The van der Waals surface area contributed by atoms with Gasteiger partial charge in [0.05, 0.1) is 12.4 Å². The summed E-state index contributed by atoms with van der Waals surface area (Å²) >= 11 is 1.44. The van der Waals surface area contributed by atoms with E-state index in [-0.39, 0.29) is 0 Å². The smallest absolute Gasteiger partial charge is 0.226 e. The van der Waals surface area contributed by atoms with Crippen molar-refractivity contribution in [1.82, 2.24) is 0 Å². The molecule has 1 aromatic heterocycles. The van der Waals surface area contributed by atoms with Crippen molar-refractivity contribution in [2.45, 2.75) is 17.6 Å². The van der Waals surface area contributed by atoms with Crippen molar-refractivity contribution in [3.8, 4) is 11.5 Å². The van der Waals surface area contributed by atoms with Crippen molar-refractivity contribution in [3.05, 3.63) is 46.5 Å². The molecule has 5 nitrogen and oxygen atoms in total. The molecule has 2 rings (SSSR count). The first kappa shape index (κ1) is 14.3. The zero-order chi connectivity index (χ0) is 14.5. The van der Waals surface area contributed by atoms with Gasteiger partial charge in [-0.25, -0.2) is 0 Å². The molecular weight excluding hydrogens is 278 g/mol. The lowest BCUT2D eigenvalue weighted by Crippen LogP contribution is -1.99. The van der Waals surface area contributed by atoms with E-state index in [2.05, 4.69) is 0 Å². The van der Waals surface area contributed by atoms with Gasteiger partial charge in [-0.05, 0) is 25.1 Å². The van der Waals surface area contributed by atoms with E-state index < -0.39 is 11.2 Å². The van der Waals surface area contributed by atoms with E-state index in [0.717, 1.165) is 16.9 Å². The summed E-state index contributed by atoms with van der Waals surface area (Å²) in [6.45, 7) is 2.50. The molecule has 1 aromatic carbocycles. The van der Waals surface area contributed by atoms with Gasteiger partial charge in [-0.15, -0.1) is 11.8 Å². The van der Waals surface area contributed by atoms with Crippen LogP contribution < -0.4 is 15.9 Å². The average Bonchev–Trinajstić information content (AvgIpc) is 2.43. The highest BCUT2D eigenvalue weighted by atomic mass is 32.2. The Balaban J connectivity index is 2.11. The van der Waals surface area contributed by atoms with Crippen LogP contribution in [-0.4, -0.2) is 11.7 Å². The van der Waals surface area contributed by atoms with Gasteiger partial charge in [0, 0.05) is 16.6 Å². The molecule has 0 aliphatic carbocycles. The lowest BCUT2D eigenvalue weighted by atomic mass is 10.3. The Kier molecular flexibility index (Phi) is 4.57. The predicted octanol–water partition coefficient (Wildman–Crippen LogP) is 2.62. The van der Waals surface area contributed by atoms with E-state index in [1.165, 1.54) is 17.8 Å². The van der Waals surface area contributed by atoms with Crippen LogP contribution in [0.2, 0.25) is 0 Å². The Morgan fingerprint density at radius 1 is 1.40 bits per heavy atom. The van der Waals surface area contributed by atoms with Gasteiger partial charge in [0.2, 0.25) is 5.43 Å². The highest BCUT2D eigenvalue weighted by Gasteiger charge is 2.06. The maximum atomic E-state index is 11.3. The minimum absolute atomic E-state index is 0.392. The van der Waals surface area contributed by atoms with Gasteiger partial charge < -0.3 is 20.0 Å². The molecule has 0 atom stereocenters. The molecule has 0 aliphatic heterocycles.